The van der Waals surface area contributed by atoms with E-state index in [0.717, 1.165) is 25.1 Å². The number of hydrogen-bond donors (Lipinski definition) is 2. The Kier molecular flexibility index (Phi) is 3.54. The van der Waals surface area contributed by atoms with E-state index in [1.54, 1.807) is 24.3 Å². The fraction of sp³-hybridized carbons (Fsp3) is 0.385. The molecule has 1 fully saturated rings. The Labute approximate surface area is 100 Å². The monoisotopic (exact) mass is 232 g/mol. The molecule has 0 bridgehead atoms. The molecule has 4 heteroatoms. The third-order valence-electron chi connectivity index (χ3n) is 2.94. The molecule has 0 aliphatic carbocycles. The first-order chi connectivity index (χ1) is 8.16. The Morgan fingerprint density at radius 2 is 2.00 bits per heavy atom. The van der Waals surface area contributed by atoms with Crippen LogP contribution in [0, 0.1) is 0 Å². The van der Waals surface area contributed by atoms with E-state index in [9.17, 15) is 9.59 Å². The molecule has 1 atom stereocenters. The van der Waals surface area contributed by atoms with Gasteiger partial charge in [0.1, 0.15) is 0 Å². The minimum atomic E-state index is -0.0810. The molecule has 2 rings (SSSR count). The van der Waals surface area contributed by atoms with Crippen LogP contribution in [0.25, 0.3) is 0 Å². The van der Waals surface area contributed by atoms with Crippen LogP contribution < -0.4 is 10.6 Å². The zero-order valence-electron chi connectivity index (χ0n) is 9.82. The summed E-state index contributed by atoms with van der Waals surface area (Å²) in [4.78, 5) is 22.9. The average Bonchev–Trinajstić information content (AvgIpc) is 2.83. The van der Waals surface area contributed by atoms with Crippen LogP contribution in [0.1, 0.15) is 30.1 Å². The molecule has 1 heterocycles. The van der Waals surface area contributed by atoms with Crippen molar-refractivity contribution in [2.45, 2.75) is 25.8 Å². The van der Waals surface area contributed by atoms with Gasteiger partial charge in [0.15, 0.2) is 5.78 Å². The SMILES string of the molecule is CC(=O)c1ccc(NC(=O)C2CCCN2)cc1. The van der Waals surface area contributed by atoms with Gasteiger partial charge in [-0.05, 0) is 50.6 Å². The van der Waals surface area contributed by atoms with Crippen molar-refractivity contribution in [2.75, 3.05) is 11.9 Å². The van der Waals surface area contributed by atoms with E-state index < -0.39 is 0 Å². The van der Waals surface area contributed by atoms with Gasteiger partial charge in [-0.1, -0.05) is 0 Å². The molecular weight excluding hydrogens is 216 g/mol. The van der Waals surface area contributed by atoms with Gasteiger partial charge in [-0.3, -0.25) is 9.59 Å². The quantitative estimate of drug-likeness (QED) is 0.778. The molecule has 1 aromatic rings. The summed E-state index contributed by atoms with van der Waals surface area (Å²) in [5.74, 6) is 0.0263. The number of carbonyl (C=O) groups excluding carboxylic acids is 2. The normalized spacial score (nSPS) is 19.0. The molecule has 90 valence electrons. The molecular formula is C13H16N2O2. The highest BCUT2D eigenvalue weighted by Crippen LogP contribution is 2.12. The average molecular weight is 232 g/mol. The van der Waals surface area contributed by atoms with Gasteiger partial charge < -0.3 is 10.6 Å². The number of ketones is 1. The van der Waals surface area contributed by atoms with E-state index >= 15 is 0 Å². The van der Waals surface area contributed by atoms with Gasteiger partial charge in [-0.25, -0.2) is 0 Å². The van der Waals surface area contributed by atoms with Crippen LogP contribution in [-0.4, -0.2) is 24.3 Å². The van der Waals surface area contributed by atoms with E-state index in [4.69, 9.17) is 0 Å². The Morgan fingerprint density at radius 1 is 1.29 bits per heavy atom. The lowest BCUT2D eigenvalue weighted by molar-refractivity contribution is -0.117. The molecule has 1 amide bonds. The Morgan fingerprint density at radius 3 is 2.53 bits per heavy atom. The number of hydrogen-bond acceptors (Lipinski definition) is 3. The summed E-state index contributed by atoms with van der Waals surface area (Å²) in [7, 11) is 0. The van der Waals surface area contributed by atoms with Crippen LogP contribution >= 0.6 is 0 Å². The number of carbonyl (C=O) groups is 2. The lowest BCUT2D eigenvalue weighted by Gasteiger charge is -2.11. The van der Waals surface area contributed by atoms with Gasteiger partial charge in [-0.2, -0.15) is 0 Å². The van der Waals surface area contributed by atoms with Gasteiger partial charge in [0.25, 0.3) is 0 Å². The summed E-state index contributed by atoms with van der Waals surface area (Å²) in [6.45, 7) is 2.43. The van der Waals surface area contributed by atoms with E-state index in [0.29, 0.717) is 5.56 Å². The summed E-state index contributed by atoms with van der Waals surface area (Å²) in [6.07, 6.45) is 1.93. The predicted molar refractivity (Wildman–Crippen MR) is 66.1 cm³/mol. The standard InChI is InChI=1S/C13H16N2O2/c1-9(16)10-4-6-11(7-5-10)15-13(17)12-3-2-8-14-12/h4-7,12,14H,2-3,8H2,1H3,(H,15,17). The second kappa shape index (κ2) is 5.10. The largest absolute Gasteiger partial charge is 0.325 e. The molecule has 1 aromatic carbocycles. The number of amides is 1. The molecule has 1 unspecified atom stereocenters. The van der Waals surface area contributed by atoms with Crippen molar-refractivity contribution < 1.29 is 9.59 Å². The lowest BCUT2D eigenvalue weighted by atomic mass is 10.1. The number of Topliss-reactive ketones (excluding diaryl/α,β-unsaturated/α-hetero) is 1. The maximum absolute atomic E-state index is 11.8. The Bertz CT molecular complexity index is 420. The van der Waals surface area contributed by atoms with Crippen LogP contribution in [0.5, 0.6) is 0 Å². The van der Waals surface area contributed by atoms with Crippen LogP contribution in [0.2, 0.25) is 0 Å². The summed E-state index contributed by atoms with van der Waals surface area (Å²) in [5.41, 5.74) is 1.38. The molecule has 0 saturated carbocycles. The van der Waals surface area contributed by atoms with Crippen molar-refractivity contribution >= 4 is 17.4 Å². The fourth-order valence-electron chi connectivity index (χ4n) is 1.93. The fourth-order valence-corrected chi connectivity index (χ4v) is 1.93. The highest BCUT2D eigenvalue weighted by atomic mass is 16.2. The predicted octanol–water partition coefficient (Wildman–Crippen LogP) is 1.58. The van der Waals surface area contributed by atoms with Crippen LogP contribution in [0.15, 0.2) is 24.3 Å². The van der Waals surface area contributed by atoms with Gasteiger partial charge in [0.2, 0.25) is 5.91 Å². The summed E-state index contributed by atoms with van der Waals surface area (Å²) in [6, 6.07) is 6.87. The number of anilines is 1. The minimum Gasteiger partial charge on any atom is -0.325 e. The van der Waals surface area contributed by atoms with Gasteiger partial charge in [0.05, 0.1) is 6.04 Å². The molecule has 4 nitrogen and oxygen atoms in total. The van der Waals surface area contributed by atoms with E-state index in [2.05, 4.69) is 10.6 Å². The third-order valence-corrected chi connectivity index (χ3v) is 2.94. The minimum absolute atomic E-state index is 0.00178. The maximum Gasteiger partial charge on any atom is 0.241 e. The first-order valence-electron chi connectivity index (χ1n) is 5.82. The topological polar surface area (TPSA) is 58.2 Å². The first-order valence-corrected chi connectivity index (χ1v) is 5.82. The van der Waals surface area contributed by atoms with Crippen LogP contribution in [-0.2, 0) is 4.79 Å². The van der Waals surface area contributed by atoms with Crippen molar-refractivity contribution in [3.63, 3.8) is 0 Å². The van der Waals surface area contributed by atoms with E-state index in [1.807, 2.05) is 0 Å². The number of rotatable bonds is 3. The molecule has 2 N–H and O–H groups in total. The summed E-state index contributed by atoms with van der Waals surface area (Å²) >= 11 is 0. The maximum atomic E-state index is 11.8. The van der Waals surface area contributed by atoms with Crippen LogP contribution in [0.4, 0.5) is 5.69 Å². The van der Waals surface area contributed by atoms with Crippen molar-refractivity contribution in [1.82, 2.24) is 5.32 Å². The van der Waals surface area contributed by atoms with E-state index in [1.165, 1.54) is 6.92 Å². The van der Waals surface area contributed by atoms with Crippen molar-refractivity contribution in [2.24, 2.45) is 0 Å². The first kappa shape index (κ1) is 11.8. The van der Waals surface area contributed by atoms with Crippen molar-refractivity contribution in [1.29, 1.82) is 0 Å². The Balaban J connectivity index is 1.98. The third kappa shape index (κ3) is 2.91. The van der Waals surface area contributed by atoms with Gasteiger partial charge in [0, 0.05) is 11.3 Å². The lowest BCUT2D eigenvalue weighted by Crippen LogP contribution is -2.35. The highest BCUT2D eigenvalue weighted by Gasteiger charge is 2.21. The molecule has 0 radical (unpaired) electrons. The van der Waals surface area contributed by atoms with Crippen molar-refractivity contribution in [3.05, 3.63) is 29.8 Å². The second-order valence-electron chi connectivity index (χ2n) is 4.27. The number of benzene rings is 1. The number of nitrogens with one attached hydrogen (secondary N) is 2. The summed E-state index contributed by atoms with van der Waals surface area (Å²) in [5, 5.41) is 5.98. The van der Waals surface area contributed by atoms with Gasteiger partial charge >= 0.3 is 0 Å². The van der Waals surface area contributed by atoms with Crippen molar-refractivity contribution in [3.8, 4) is 0 Å². The molecule has 1 saturated heterocycles. The zero-order chi connectivity index (χ0) is 12.3. The smallest absolute Gasteiger partial charge is 0.241 e. The van der Waals surface area contributed by atoms with Gasteiger partial charge in [-0.15, -0.1) is 0 Å². The van der Waals surface area contributed by atoms with Crippen LogP contribution in [0.3, 0.4) is 0 Å². The molecule has 1 aliphatic heterocycles. The Hall–Kier alpha value is -1.68. The zero-order valence-corrected chi connectivity index (χ0v) is 9.82. The molecule has 17 heavy (non-hydrogen) atoms. The van der Waals surface area contributed by atoms with E-state index in [-0.39, 0.29) is 17.7 Å². The molecule has 0 aromatic heterocycles. The highest BCUT2D eigenvalue weighted by molar-refractivity contribution is 5.97. The molecule has 1 aliphatic rings. The second-order valence-corrected chi connectivity index (χ2v) is 4.27. The molecule has 0 spiro atoms. The summed E-state index contributed by atoms with van der Waals surface area (Å²) < 4.78 is 0.